The van der Waals surface area contributed by atoms with E-state index in [-0.39, 0.29) is 0 Å². The maximum atomic E-state index is 4.44. The third-order valence-corrected chi connectivity index (χ3v) is 3.55. The Morgan fingerprint density at radius 2 is 2.29 bits per heavy atom. The average molecular weight is 259 g/mol. The molecule has 0 amide bonds. The van der Waals surface area contributed by atoms with Crippen molar-refractivity contribution in [2.24, 2.45) is 5.92 Å². The minimum absolute atomic E-state index is 0.746. The van der Waals surface area contributed by atoms with Gasteiger partial charge in [0.1, 0.15) is 0 Å². The molecule has 0 saturated heterocycles. The number of aryl methyl sites for hydroxylation is 3. The monoisotopic (exact) mass is 258 g/mol. The van der Waals surface area contributed by atoms with E-state index in [2.05, 4.69) is 52.5 Å². The minimum Gasteiger partial charge on any atom is -0.270 e. The molecule has 0 bridgehead atoms. The van der Waals surface area contributed by atoms with Crippen LogP contribution in [0.25, 0.3) is 0 Å². The van der Waals surface area contributed by atoms with E-state index in [1.165, 1.54) is 12.1 Å². The Morgan fingerprint density at radius 1 is 1.57 bits per heavy atom. The SMILES string of the molecule is CCn1nc(C)cc1CCC(C)CBr. The number of hydrogen-bond donors (Lipinski definition) is 0. The Labute approximate surface area is 94.8 Å². The normalized spacial score (nSPS) is 13.1. The van der Waals surface area contributed by atoms with Crippen LogP contribution >= 0.6 is 15.9 Å². The topological polar surface area (TPSA) is 17.8 Å². The van der Waals surface area contributed by atoms with Crippen LogP contribution in [0.2, 0.25) is 0 Å². The van der Waals surface area contributed by atoms with Gasteiger partial charge in [-0.05, 0) is 38.7 Å². The fourth-order valence-electron chi connectivity index (χ4n) is 1.55. The van der Waals surface area contributed by atoms with Crippen molar-refractivity contribution in [3.05, 3.63) is 17.5 Å². The summed E-state index contributed by atoms with van der Waals surface area (Å²) in [6.45, 7) is 7.45. The van der Waals surface area contributed by atoms with Gasteiger partial charge in [0, 0.05) is 17.6 Å². The largest absolute Gasteiger partial charge is 0.270 e. The second kappa shape index (κ2) is 5.54. The van der Waals surface area contributed by atoms with E-state index in [0.29, 0.717) is 0 Å². The first kappa shape index (κ1) is 11.8. The van der Waals surface area contributed by atoms with Crippen LogP contribution < -0.4 is 0 Å². The second-order valence-corrected chi connectivity index (χ2v) is 4.54. The predicted octanol–water partition coefficient (Wildman–Crippen LogP) is 3.18. The van der Waals surface area contributed by atoms with E-state index in [0.717, 1.165) is 29.9 Å². The average Bonchev–Trinajstić information content (AvgIpc) is 2.55. The molecule has 0 aromatic carbocycles. The zero-order valence-corrected chi connectivity index (χ0v) is 10.8. The van der Waals surface area contributed by atoms with Gasteiger partial charge in [0.15, 0.2) is 0 Å². The fourth-order valence-corrected chi connectivity index (χ4v) is 1.87. The molecule has 0 aliphatic heterocycles. The maximum Gasteiger partial charge on any atom is 0.0596 e. The third kappa shape index (κ3) is 3.12. The summed E-state index contributed by atoms with van der Waals surface area (Å²) < 4.78 is 2.11. The lowest BCUT2D eigenvalue weighted by Gasteiger charge is -2.08. The molecule has 0 aliphatic carbocycles. The zero-order chi connectivity index (χ0) is 10.6. The number of alkyl halides is 1. The van der Waals surface area contributed by atoms with E-state index in [1.807, 2.05) is 0 Å². The Bertz CT molecular complexity index is 281. The lowest BCUT2D eigenvalue weighted by molar-refractivity contribution is 0.554. The number of rotatable bonds is 5. The quantitative estimate of drug-likeness (QED) is 0.742. The fraction of sp³-hybridized carbons (Fsp3) is 0.727. The molecule has 0 fully saturated rings. The minimum atomic E-state index is 0.746. The van der Waals surface area contributed by atoms with Gasteiger partial charge in [0.25, 0.3) is 0 Å². The highest BCUT2D eigenvalue weighted by Gasteiger charge is 2.06. The molecule has 0 spiro atoms. The standard InChI is InChI=1S/C11H19BrN2/c1-4-14-11(7-10(3)13-14)6-5-9(2)8-12/h7,9H,4-6,8H2,1-3H3. The van der Waals surface area contributed by atoms with Crippen LogP contribution in [0.15, 0.2) is 6.07 Å². The summed E-state index contributed by atoms with van der Waals surface area (Å²) in [5.41, 5.74) is 2.51. The Kier molecular flexibility index (Phi) is 4.66. The van der Waals surface area contributed by atoms with E-state index in [9.17, 15) is 0 Å². The van der Waals surface area contributed by atoms with Gasteiger partial charge in [-0.15, -0.1) is 0 Å². The molecule has 14 heavy (non-hydrogen) atoms. The molecule has 0 aliphatic rings. The van der Waals surface area contributed by atoms with E-state index >= 15 is 0 Å². The summed E-state index contributed by atoms with van der Waals surface area (Å²) in [6.07, 6.45) is 2.37. The Hall–Kier alpha value is -0.310. The Balaban J connectivity index is 2.57. The van der Waals surface area contributed by atoms with Crippen LogP contribution in [0.1, 0.15) is 31.7 Å². The van der Waals surface area contributed by atoms with Gasteiger partial charge < -0.3 is 0 Å². The van der Waals surface area contributed by atoms with Crippen LogP contribution in [-0.2, 0) is 13.0 Å². The van der Waals surface area contributed by atoms with Gasteiger partial charge in [-0.3, -0.25) is 4.68 Å². The number of hydrogen-bond acceptors (Lipinski definition) is 1. The summed E-state index contributed by atoms with van der Waals surface area (Å²) in [7, 11) is 0. The molecule has 1 aromatic heterocycles. The first-order valence-corrected chi connectivity index (χ1v) is 6.38. The first-order chi connectivity index (χ1) is 6.67. The van der Waals surface area contributed by atoms with Crippen molar-refractivity contribution in [1.29, 1.82) is 0 Å². The van der Waals surface area contributed by atoms with Gasteiger partial charge in [0.2, 0.25) is 0 Å². The molecule has 3 heteroatoms. The molecule has 1 aromatic rings. The summed E-state index contributed by atoms with van der Waals surface area (Å²) in [6, 6.07) is 2.20. The third-order valence-electron chi connectivity index (χ3n) is 2.44. The molecule has 0 N–H and O–H groups in total. The van der Waals surface area contributed by atoms with Crippen molar-refractivity contribution in [2.75, 3.05) is 5.33 Å². The van der Waals surface area contributed by atoms with Gasteiger partial charge in [0.05, 0.1) is 5.69 Å². The Morgan fingerprint density at radius 3 is 2.86 bits per heavy atom. The lowest BCUT2D eigenvalue weighted by atomic mass is 10.1. The highest BCUT2D eigenvalue weighted by atomic mass is 79.9. The molecule has 2 nitrogen and oxygen atoms in total. The van der Waals surface area contributed by atoms with Crippen LogP contribution in [0.3, 0.4) is 0 Å². The molecule has 1 unspecified atom stereocenters. The number of aromatic nitrogens is 2. The lowest BCUT2D eigenvalue weighted by Crippen LogP contribution is -2.05. The van der Waals surface area contributed by atoms with Crippen molar-refractivity contribution < 1.29 is 0 Å². The highest BCUT2D eigenvalue weighted by Crippen LogP contribution is 2.12. The van der Waals surface area contributed by atoms with Crippen molar-refractivity contribution >= 4 is 15.9 Å². The molecule has 80 valence electrons. The summed E-state index contributed by atoms with van der Waals surface area (Å²) in [5.74, 6) is 0.746. The number of nitrogens with zero attached hydrogens (tertiary/aromatic N) is 2. The molecule has 1 heterocycles. The number of halogens is 1. The molecule has 1 atom stereocenters. The van der Waals surface area contributed by atoms with E-state index in [1.54, 1.807) is 0 Å². The van der Waals surface area contributed by atoms with Crippen LogP contribution in [0, 0.1) is 12.8 Å². The van der Waals surface area contributed by atoms with Gasteiger partial charge in [-0.2, -0.15) is 5.10 Å². The summed E-state index contributed by atoms with van der Waals surface area (Å²) in [5, 5.41) is 5.53. The van der Waals surface area contributed by atoms with Gasteiger partial charge >= 0.3 is 0 Å². The van der Waals surface area contributed by atoms with Crippen LogP contribution in [0.4, 0.5) is 0 Å². The molecule has 0 saturated carbocycles. The zero-order valence-electron chi connectivity index (χ0n) is 9.26. The van der Waals surface area contributed by atoms with Crippen molar-refractivity contribution in [2.45, 2.75) is 40.2 Å². The summed E-state index contributed by atoms with van der Waals surface area (Å²) >= 11 is 3.51. The van der Waals surface area contributed by atoms with Crippen molar-refractivity contribution in [3.8, 4) is 0 Å². The smallest absolute Gasteiger partial charge is 0.0596 e. The highest BCUT2D eigenvalue weighted by molar-refractivity contribution is 9.09. The molecular formula is C11H19BrN2. The van der Waals surface area contributed by atoms with Gasteiger partial charge in [-0.1, -0.05) is 22.9 Å². The molecular weight excluding hydrogens is 240 g/mol. The molecule has 1 rings (SSSR count). The molecule has 0 radical (unpaired) electrons. The van der Waals surface area contributed by atoms with Gasteiger partial charge in [-0.25, -0.2) is 0 Å². The maximum absolute atomic E-state index is 4.44. The van der Waals surface area contributed by atoms with Crippen molar-refractivity contribution in [1.82, 2.24) is 9.78 Å². The predicted molar refractivity (Wildman–Crippen MR) is 63.9 cm³/mol. The first-order valence-electron chi connectivity index (χ1n) is 5.26. The van der Waals surface area contributed by atoms with E-state index in [4.69, 9.17) is 0 Å². The van der Waals surface area contributed by atoms with Crippen molar-refractivity contribution in [3.63, 3.8) is 0 Å². The summed E-state index contributed by atoms with van der Waals surface area (Å²) in [4.78, 5) is 0. The van der Waals surface area contributed by atoms with Crippen LogP contribution in [-0.4, -0.2) is 15.1 Å². The van der Waals surface area contributed by atoms with Crippen LogP contribution in [0.5, 0.6) is 0 Å². The van der Waals surface area contributed by atoms with E-state index < -0.39 is 0 Å². The second-order valence-electron chi connectivity index (χ2n) is 3.89.